The molecule has 0 radical (unpaired) electrons. The summed E-state index contributed by atoms with van der Waals surface area (Å²) in [5, 5.41) is 10.2. The quantitative estimate of drug-likeness (QED) is 0.391. The highest BCUT2D eigenvalue weighted by molar-refractivity contribution is 7.80. The van der Waals surface area contributed by atoms with Crippen molar-refractivity contribution >= 4 is 16.4 Å². The van der Waals surface area contributed by atoms with Gasteiger partial charge in [-0.1, -0.05) is 26.0 Å². The molecule has 1 unspecified atom stereocenters. The summed E-state index contributed by atoms with van der Waals surface area (Å²) in [5.41, 5.74) is 0.842. The summed E-state index contributed by atoms with van der Waals surface area (Å²) in [6.07, 6.45) is 5.09. The minimum atomic E-state index is -4.60. The van der Waals surface area contributed by atoms with Gasteiger partial charge in [-0.25, -0.2) is 8.98 Å². The molecule has 8 heteroatoms. The molecule has 3 aliphatic rings. The molecule has 0 aromatic carbocycles. The summed E-state index contributed by atoms with van der Waals surface area (Å²) >= 11 is 0. The van der Waals surface area contributed by atoms with E-state index in [1.54, 1.807) is 0 Å². The molecule has 158 valence electrons. The number of aliphatic hydroxyl groups is 1. The Bertz CT molecular complexity index is 786. The van der Waals surface area contributed by atoms with Crippen molar-refractivity contribution in [2.75, 3.05) is 13.2 Å². The third-order valence-corrected chi connectivity index (χ3v) is 7.88. The molecular formula is C20H30O7S. The predicted molar refractivity (Wildman–Crippen MR) is 103 cm³/mol. The monoisotopic (exact) mass is 414 g/mol. The van der Waals surface area contributed by atoms with Crippen LogP contribution in [0.1, 0.15) is 52.4 Å². The second kappa shape index (κ2) is 7.55. The zero-order chi connectivity index (χ0) is 20.7. The third-order valence-electron chi connectivity index (χ3n) is 7.40. The molecular weight excluding hydrogens is 384 g/mol. The number of fused-ring (bicyclic) bond motifs is 1. The van der Waals surface area contributed by atoms with Gasteiger partial charge in [0.2, 0.25) is 0 Å². The molecule has 2 aliphatic carbocycles. The summed E-state index contributed by atoms with van der Waals surface area (Å²) in [6, 6.07) is 0. The van der Waals surface area contributed by atoms with Crippen LogP contribution in [0.4, 0.5) is 0 Å². The van der Waals surface area contributed by atoms with Gasteiger partial charge in [-0.3, -0.25) is 4.55 Å². The smallest absolute Gasteiger partial charge is 0.397 e. The fourth-order valence-electron chi connectivity index (χ4n) is 5.92. The predicted octanol–water partition coefficient (Wildman–Crippen LogP) is 2.82. The first-order chi connectivity index (χ1) is 13.0. The maximum absolute atomic E-state index is 11.8. The average Bonchev–Trinajstić information content (AvgIpc) is 3.01. The standard InChI is InChI=1S/C20H30O7S/c1-13-4-7-16-19(2,15(13)6-5-14-9-11-26-18(14)22)10-8-17(20(16,3)12-21)27-28(23,24)25/h9,15-17,21H,1,4-8,10-12H2,2-3H3,(H,23,24,25)/t15-,16?,17-,19+,20+/m1/s1. The summed E-state index contributed by atoms with van der Waals surface area (Å²) in [5.74, 6) is -0.0998. The third kappa shape index (κ3) is 3.79. The van der Waals surface area contributed by atoms with Crippen LogP contribution in [-0.4, -0.2) is 43.4 Å². The molecule has 0 aromatic heterocycles. The first kappa shape index (κ1) is 21.5. The lowest BCUT2D eigenvalue weighted by Gasteiger charge is -2.60. The Morgan fingerprint density at radius 3 is 2.64 bits per heavy atom. The molecule has 1 heterocycles. The van der Waals surface area contributed by atoms with Gasteiger partial charge in [-0.15, -0.1) is 0 Å². The number of carbonyl (C=O) groups excluding carboxylic acids is 1. The molecule has 0 aromatic rings. The van der Waals surface area contributed by atoms with E-state index in [0.717, 1.165) is 24.8 Å². The van der Waals surface area contributed by atoms with E-state index in [1.165, 1.54) is 0 Å². The Balaban J connectivity index is 1.85. The molecule has 2 fully saturated rings. The van der Waals surface area contributed by atoms with E-state index < -0.39 is 21.9 Å². The minimum Gasteiger partial charge on any atom is -0.458 e. The van der Waals surface area contributed by atoms with Gasteiger partial charge in [0.05, 0.1) is 12.7 Å². The van der Waals surface area contributed by atoms with Crippen molar-refractivity contribution in [1.82, 2.24) is 0 Å². The zero-order valence-corrected chi connectivity index (χ0v) is 17.3. The Kier molecular flexibility index (Phi) is 5.80. The highest BCUT2D eigenvalue weighted by atomic mass is 32.3. The van der Waals surface area contributed by atoms with Crippen molar-refractivity contribution in [3.8, 4) is 0 Å². The van der Waals surface area contributed by atoms with Gasteiger partial charge >= 0.3 is 16.4 Å². The second-order valence-corrected chi connectivity index (χ2v) is 9.94. The van der Waals surface area contributed by atoms with Gasteiger partial charge in [-0.2, -0.15) is 8.42 Å². The highest BCUT2D eigenvalue weighted by Gasteiger charge is 2.58. The zero-order valence-electron chi connectivity index (χ0n) is 16.5. The molecule has 2 N–H and O–H groups in total. The average molecular weight is 415 g/mol. The number of hydrogen-bond donors (Lipinski definition) is 2. The Hall–Kier alpha value is -1.22. The van der Waals surface area contributed by atoms with E-state index in [0.29, 0.717) is 31.4 Å². The second-order valence-electron chi connectivity index (χ2n) is 8.89. The van der Waals surface area contributed by atoms with Crippen molar-refractivity contribution < 1.29 is 31.8 Å². The maximum atomic E-state index is 11.8. The molecule has 0 spiro atoms. The van der Waals surface area contributed by atoms with E-state index in [4.69, 9.17) is 8.92 Å². The molecule has 1 aliphatic heterocycles. The number of aliphatic hydroxyl groups excluding tert-OH is 1. The van der Waals surface area contributed by atoms with Crippen LogP contribution in [-0.2, 0) is 24.1 Å². The normalized spacial score (nSPS) is 38.7. The van der Waals surface area contributed by atoms with Gasteiger partial charge in [-0.05, 0) is 61.9 Å². The van der Waals surface area contributed by atoms with E-state index in [2.05, 4.69) is 13.5 Å². The summed E-state index contributed by atoms with van der Waals surface area (Å²) in [6.45, 7) is 8.39. The van der Waals surface area contributed by atoms with Crippen molar-refractivity contribution in [2.24, 2.45) is 22.7 Å². The summed E-state index contributed by atoms with van der Waals surface area (Å²) in [7, 11) is -4.60. The van der Waals surface area contributed by atoms with Crippen molar-refractivity contribution in [1.29, 1.82) is 0 Å². The van der Waals surface area contributed by atoms with Crippen LogP contribution in [0.3, 0.4) is 0 Å². The molecule has 3 rings (SSSR count). The Labute approximate surface area is 166 Å². The number of cyclic esters (lactones) is 1. The van der Waals surface area contributed by atoms with Crippen LogP contribution in [0.25, 0.3) is 0 Å². The van der Waals surface area contributed by atoms with Gasteiger partial charge in [0, 0.05) is 11.0 Å². The molecule has 0 bridgehead atoms. The minimum absolute atomic E-state index is 0.00510. The Morgan fingerprint density at radius 2 is 2.07 bits per heavy atom. The van der Waals surface area contributed by atoms with Crippen LogP contribution in [0.2, 0.25) is 0 Å². The van der Waals surface area contributed by atoms with E-state index in [1.807, 2.05) is 13.0 Å². The molecule has 28 heavy (non-hydrogen) atoms. The van der Waals surface area contributed by atoms with Crippen LogP contribution < -0.4 is 0 Å². The first-order valence-electron chi connectivity index (χ1n) is 9.81. The molecule has 2 saturated carbocycles. The van der Waals surface area contributed by atoms with Crippen LogP contribution >= 0.6 is 0 Å². The maximum Gasteiger partial charge on any atom is 0.397 e. The first-order valence-corrected chi connectivity index (χ1v) is 11.2. The van der Waals surface area contributed by atoms with Crippen molar-refractivity contribution in [3.63, 3.8) is 0 Å². The molecule has 0 amide bonds. The number of rotatable bonds is 6. The van der Waals surface area contributed by atoms with Gasteiger partial charge in [0.25, 0.3) is 0 Å². The summed E-state index contributed by atoms with van der Waals surface area (Å²) < 4.78 is 41.8. The number of esters is 1. The lowest BCUT2D eigenvalue weighted by Crippen LogP contribution is -2.58. The van der Waals surface area contributed by atoms with Crippen molar-refractivity contribution in [3.05, 3.63) is 23.8 Å². The van der Waals surface area contributed by atoms with Crippen molar-refractivity contribution in [2.45, 2.75) is 58.5 Å². The van der Waals surface area contributed by atoms with E-state index >= 15 is 0 Å². The molecule has 0 saturated heterocycles. The van der Waals surface area contributed by atoms with Gasteiger partial charge in [0.15, 0.2) is 0 Å². The van der Waals surface area contributed by atoms with Crippen LogP contribution in [0.5, 0.6) is 0 Å². The highest BCUT2D eigenvalue weighted by Crippen LogP contribution is 2.62. The Morgan fingerprint density at radius 1 is 1.36 bits per heavy atom. The molecule has 7 nitrogen and oxygen atoms in total. The SMILES string of the molecule is C=C1CCC2[C@](C)(CO)[C@H](OS(=O)(=O)O)CC[C@@]2(C)[C@@H]1CCC1=CCOC1=O. The fourth-order valence-corrected chi connectivity index (χ4v) is 6.53. The topological polar surface area (TPSA) is 110 Å². The van der Waals surface area contributed by atoms with Gasteiger partial charge < -0.3 is 9.84 Å². The van der Waals surface area contributed by atoms with Crippen LogP contribution in [0.15, 0.2) is 23.8 Å². The lowest BCUT2D eigenvalue weighted by molar-refractivity contribution is -0.144. The number of allylic oxidation sites excluding steroid dienone is 1. The fraction of sp³-hybridized carbons (Fsp3) is 0.750. The van der Waals surface area contributed by atoms with Gasteiger partial charge in [0.1, 0.15) is 6.61 Å². The molecule has 5 atom stereocenters. The number of hydrogen-bond acceptors (Lipinski definition) is 6. The lowest BCUT2D eigenvalue weighted by atomic mass is 9.46. The number of ether oxygens (including phenoxy) is 1. The van der Waals surface area contributed by atoms with E-state index in [9.17, 15) is 22.9 Å². The largest absolute Gasteiger partial charge is 0.458 e. The van der Waals surface area contributed by atoms with E-state index in [-0.39, 0.29) is 29.8 Å². The van der Waals surface area contributed by atoms with Crippen LogP contribution in [0, 0.1) is 22.7 Å². The number of carbonyl (C=O) groups is 1. The summed E-state index contributed by atoms with van der Waals surface area (Å²) in [4.78, 5) is 11.8.